The number of nitrogens with one attached hydrogen (secondary N) is 3. The van der Waals surface area contributed by atoms with E-state index in [1.54, 1.807) is 30.3 Å². The molecule has 0 bridgehead atoms. The molecular weight excluding hydrogens is 564 g/mol. The highest BCUT2D eigenvalue weighted by molar-refractivity contribution is 6.31. The quantitative estimate of drug-likeness (QED) is 0.224. The van der Waals surface area contributed by atoms with Gasteiger partial charge in [0.05, 0.1) is 18.2 Å². The molecule has 1 saturated heterocycles. The lowest BCUT2D eigenvalue weighted by atomic mass is 9.79. The Hall–Kier alpha value is -4.07. The minimum absolute atomic E-state index is 0.0305. The molecule has 1 spiro atoms. The van der Waals surface area contributed by atoms with Gasteiger partial charge in [0, 0.05) is 29.2 Å². The first kappa shape index (κ1) is 28.1. The Bertz CT molecular complexity index is 1530. The van der Waals surface area contributed by atoms with Crippen molar-refractivity contribution in [1.29, 1.82) is 0 Å². The van der Waals surface area contributed by atoms with Crippen LogP contribution in [0.5, 0.6) is 5.75 Å². The van der Waals surface area contributed by atoms with E-state index >= 15 is 0 Å². The van der Waals surface area contributed by atoms with Gasteiger partial charge in [0.15, 0.2) is 17.6 Å². The number of guanidine groups is 2. The molecule has 2 aromatic carbocycles. The lowest BCUT2D eigenvalue weighted by molar-refractivity contribution is -0.230. The number of carbonyl (C=O) groups excluding carboxylic acids is 2. The number of carbonyl (C=O) groups is 2. The number of para-hydroxylation sites is 1. The van der Waals surface area contributed by atoms with Crippen LogP contribution in [0.2, 0.25) is 5.02 Å². The molecule has 1 fully saturated rings. The number of fused-ring (bicyclic) bond motifs is 1. The Morgan fingerprint density at radius 2 is 1.93 bits per heavy atom. The Morgan fingerprint density at radius 1 is 1.17 bits per heavy atom. The van der Waals surface area contributed by atoms with Crippen LogP contribution in [0.15, 0.2) is 52.4 Å². The number of ether oxygens (including phenoxy) is 1. The largest absolute Gasteiger partial charge is 0.492 e. The van der Waals surface area contributed by atoms with Crippen molar-refractivity contribution in [3.8, 4) is 5.75 Å². The standard InChI is InChI=1S/C28H33ClN8O5/c1-26(2)9-10-42-20-16(7-4-8-17(20)26)23(39)34-19-13-37-25(31)33-18(12-32-22(38)14-5-3-6-15(29)11-14)21-27(37,28(19,40)41)36-24(30)35-21/h3-8,11,18-19,21,40-41H,9-10,12-13H2,1-2H3,(H2,31,33)(H,32,38)(H,34,39)(H3,30,35,36)/t18-,19?,21?,27?/m0/s1. The van der Waals surface area contributed by atoms with Crippen molar-refractivity contribution in [2.24, 2.45) is 21.5 Å². The molecule has 222 valence electrons. The van der Waals surface area contributed by atoms with Gasteiger partial charge in [-0.2, -0.15) is 0 Å². The van der Waals surface area contributed by atoms with Crippen molar-refractivity contribution in [1.82, 2.24) is 20.9 Å². The summed E-state index contributed by atoms with van der Waals surface area (Å²) in [7, 11) is 0. The van der Waals surface area contributed by atoms with Crippen LogP contribution in [0.3, 0.4) is 0 Å². The van der Waals surface area contributed by atoms with Gasteiger partial charge in [-0.1, -0.05) is 43.6 Å². The van der Waals surface area contributed by atoms with Crippen LogP contribution in [-0.2, 0) is 5.41 Å². The summed E-state index contributed by atoms with van der Waals surface area (Å²) in [5.41, 5.74) is 12.0. The number of rotatable bonds is 5. The molecule has 0 aromatic heterocycles. The highest BCUT2D eigenvalue weighted by Crippen LogP contribution is 2.45. The zero-order valence-corrected chi connectivity index (χ0v) is 23.9. The molecule has 42 heavy (non-hydrogen) atoms. The number of halogens is 1. The number of aliphatic hydroxyl groups is 2. The third kappa shape index (κ3) is 4.22. The number of hydrogen-bond acceptors (Lipinski definition) is 11. The Morgan fingerprint density at radius 3 is 2.69 bits per heavy atom. The molecule has 9 N–H and O–H groups in total. The smallest absolute Gasteiger partial charge is 0.255 e. The Kier molecular flexibility index (Phi) is 6.52. The van der Waals surface area contributed by atoms with E-state index < -0.39 is 41.4 Å². The van der Waals surface area contributed by atoms with Gasteiger partial charge in [-0.25, -0.2) is 9.98 Å². The van der Waals surface area contributed by atoms with Crippen molar-refractivity contribution in [3.05, 3.63) is 64.2 Å². The van der Waals surface area contributed by atoms with Crippen molar-refractivity contribution in [3.63, 3.8) is 0 Å². The van der Waals surface area contributed by atoms with Crippen LogP contribution < -0.4 is 32.2 Å². The van der Waals surface area contributed by atoms with E-state index in [1.165, 1.54) is 11.0 Å². The molecule has 0 saturated carbocycles. The number of hydrogen-bond donors (Lipinski definition) is 7. The fourth-order valence-electron chi connectivity index (χ4n) is 6.36. The summed E-state index contributed by atoms with van der Waals surface area (Å²) < 4.78 is 5.90. The Balaban J connectivity index is 1.26. The summed E-state index contributed by atoms with van der Waals surface area (Å²) in [4.78, 5) is 36.8. The zero-order valence-electron chi connectivity index (χ0n) is 23.1. The average molecular weight is 597 g/mol. The highest BCUT2D eigenvalue weighted by atomic mass is 35.5. The first-order chi connectivity index (χ1) is 19.8. The first-order valence-corrected chi connectivity index (χ1v) is 14.0. The van der Waals surface area contributed by atoms with Crippen LogP contribution in [-0.4, -0.2) is 88.1 Å². The molecule has 2 aromatic rings. The van der Waals surface area contributed by atoms with Gasteiger partial charge < -0.3 is 47.3 Å². The Labute approximate surface area is 247 Å². The number of nitrogens with zero attached hydrogens (tertiary/aromatic N) is 3. The first-order valence-electron chi connectivity index (χ1n) is 13.6. The highest BCUT2D eigenvalue weighted by Gasteiger charge is 2.73. The van der Waals surface area contributed by atoms with E-state index in [4.69, 9.17) is 27.8 Å². The predicted octanol–water partition coefficient (Wildman–Crippen LogP) is -0.395. The van der Waals surface area contributed by atoms with Gasteiger partial charge in [-0.3, -0.25) is 9.59 Å². The maximum absolute atomic E-state index is 13.6. The van der Waals surface area contributed by atoms with Gasteiger partial charge in [-0.15, -0.1) is 0 Å². The lowest BCUT2D eigenvalue weighted by Gasteiger charge is -2.49. The van der Waals surface area contributed by atoms with Gasteiger partial charge in [-0.05, 0) is 36.1 Å². The fraction of sp³-hybridized carbons (Fsp3) is 0.429. The second-order valence-corrected chi connectivity index (χ2v) is 12.1. The third-order valence-corrected chi connectivity index (χ3v) is 8.86. The molecule has 4 heterocycles. The van der Waals surface area contributed by atoms with Gasteiger partial charge in [0.25, 0.3) is 11.8 Å². The van der Waals surface area contributed by atoms with Crippen LogP contribution in [0.25, 0.3) is 0 Å². The number of amides is 2. The molecule has 3 unspecified atom stereocenters. The molecule has 6 rings (SSSR count). The zero-order chi connectivity index (χ0) is 30.0. The summed E-state index contributed by atoms with van der Waals surface area (Å²) in [5.74, 6) is -3.18. The maximum Gasteiger partial charge on any atom is 0.255 e. The molecule has 14 heteroatoms. The molecule has 2 amide bonds. The van der Waals surface area contributed by atoms with Crippen LogP contribution in [0.1, 0.15) is 46.5 Å². The SMILES string of the molecule is CC1(C)CCOc2c(C(=O)NC3CN4C(N)=N[C@@H](CNC(=O)c5cccc(Cl)c5)C5N=C(N)NC54C3(O)O)cccc21. The molecule has 0 aliphatic carbocycles. The summed E-state index contributed by atoms with van der Waals surface area (Å²) in [5, 5.41) is 32.3. The molecule has 4 aliphatic rings. The van der Waals surface area contributed by atoms with Gasteiger partial charge >= 0.3 is 0 Å². The number of nitrogens with two attached hydrogens (primary N) is 2. The van der Waals surface area contributed by atoms with E-state index in [2.05, 4.69) is 39.8 Å². The van der Waals surface area contributed by atoms with E-state index in [0.717, 1.165) is 12.0 Å². The number of benzene rings is 2. The minimum Gasteiger partial charge on any atom is -0.492 e. The summed E-state index contributed by atoms with van der Waals surface area (Å²) in [6.45, 7) is 4.48. The predicted molar refractivity (Wildman–Crippen MR) is 155 cm³/mol. The summed E-state index contributed by atoms with van der Waals surface area (Å²) >= 11 is 6.02. The molecule has 4 atom stereocenters. The molecule has 0 radical (unpaired) electrons. The lowest BCUT2D eigenvalue weighted by Crippen LogP contribution is -2.78. The molecule has 13 nitrogen and oxygen atoms in total. The van der Waals surface area contributed by atoms with Crippen LogP contribution >= 0.6 is 11.6 Å². The fourth-order valence-corrected chi connectivity index (χ4v) is 6.55. The average Bonchev–Trinajstić information content (AvgIpc) is 3.40. The molecule has 4 aliphatic heterocycles. The van der Waals surface area contributed by atoms with E-state index in [-0.39, 0.29) is 36.0 Å². The van der Waals surface area contributed by atoms with Crippen molar-refractivity contribution in [2.75, 3.05) is 19.7 Å². The number of aliphatic imine (C=N–C) groups is 2. The van der Waals surface area contributed by atoms with Crippen LogP contribution in [0, 0.1) is 0 Å². The normalized spacial score (nSPS) is 28.2. The van der Waals surface area contributed by atoms with Crippen molar-refractivity contribution >= 4 is 35.3 Å². The minimum atomic E-state index is -2.62. The van der Waals surface area contributed by atoms with Gasteiger partial charge in [0.1, 0.15) is 17.8 Å². The van der Waals surface area contributed by atoms with Gasteiger partial charge in [0.2, 0.25) is 5.79 Å². The molecular formula is C28H33ClN8O5. The van der Waals surface area contributed by atoms with Crippen LogP contribution in [0.4, 0.5) is 0 Å². The maximum atomic E-state index is 13.6. The summed E-state index contributed by atoms with van der Waals surface area (Å²) in [6, 6.07) is 8.77. The van der Waals surface area contributed by atoms with E-state index in [1.807, 2.05) is 6.07 Å². The van der Waals surface area contributed by atoms with Crippen molar-refractivity contribution < 1.29 is 24.5 Å². The monoisotopic (exact) mass is 596 g/mol. The third-order valence-electron chi connectivity index (χ3n) is 8.63. The second-order valence-electron chi connectivity index (χ2n) is 11.7. The van der Waals surface area contributed by atoms with E-state index in [9.17, 15) is 19.8 Å². The summed E-state index contributed by atoms with van der Waals surface area (Å²) in [6.07, 6.45) is 0.801. The second kappa shape index (κ2) is 9.75. The van der Waals surface area contributed by atoms with E-state index in [0.29, 0.717) is 22.9 Å². The van der Waals surface area contributed by atoms with Crippen molar-refractivity contribution in [2.45, 2.75) is 55.3 Å². The topological polar surface area (TPSA) is 200 Å².